The average Bonchev–Trinajstić information content (AvgIpc) is 2.34. The molecule has 0 amide bonds. The number of aromatic nitrogens is 2. The molecule has 0 radical (unpaired) electrons. The summed E-state index contributed by atoms with van der Waals surface area (Å²) in [4.78, 5) is 16.1. The van der Waals surface area contributed by atoms with Crippen LogP contribution in [0.4, 0.5) is 5.69 Å². The summed E-state index contributed by atoms with van der Waals surface area (Å²) in [6.07, 6.45) is 0. The molecule has 2 aromatic rings. The lowest BCUT2D eigenvalue weighted by Crippen LogP contribution is -2.23. The van der Waals surface area contributed by atoms with E-state index in [0.29, 0.717) is 16.4 Å². The third-order valence-electron chi connectivity index (χ3n) is 2.72. The largest absolute Gasteiger partial charge is 0.468 e. The van der Waals surface area contributed by atoms with Crippen LogP contribution < -0.4 is 16.0 Å². The fraction of sp³-hybridized carbons (Fsp3) is 0.231. The van der Waals surface area contributed by atoms with Gasteiger partial charge in [-0.3, -0.25) is 9.36 Å². The second-order valence-corrected chi connectivity index (χ2v) is 4.59. The molecule has 100 valence electrons. The molecule has 19 heavy (non-hydrogen) atoms. The zero-order valence-electron chi connectivity index (χ0n) is 10.7. The molecule has 1 aromatic heterocycles. The number of rotatable bonds is 3. The molecule has 1 heterocycles. The molecule has 5 nitrogen and oxygen atoms in total. The lowest BCUT2D eigenvalue weighted by atomic mass is 10.2. The maximum atomic E-state index is 12.0. The van der Waals surface area contributed by atoms with Crippen molar-refractivity contribution in [3.8, 4) is 6.01 Å². The van der Waals surface area contributed by atoms with Crippen molar-refractivity contribution >= 4 is 17.3 Å². The highest BCUT2D eigenvalue weighted by Crippen LogP contribution is 2.19. The first kappa shape index (κ1) is 13.4. The first-order valence-corrected chi connectivity index (χ1v) is 6.05. The van der Waals surface area contributed by atoms with E-state index < -0.39 is 0 Å². The van der Waals surface area contributed by atoms with Crippen LogP contribution in [0.2, 0.25) is 5.02 Å². The highest BCUT2D eigenvalue weighted by atomic mass is 35.5. The molecule has 0 aliphatic rings. The third-order valence-corrected chi connectivity index (χ3v) is 2.96. The summed E-state index contributed by atoms with van der Waals surface area (Å²) in [6, 6.07) is 6.87. The Morgan fingerprint density at radius 3 is 2.79 bits per heavy atom. The number of anilines is 1. The Balaban J connectivity index is 2.46. The molecular formula is C13H14ClN3O2. The minimum Gasteiger partial charge on any atom is -0.468 e. The number of halogens is 1. The van der Waals surface area contributed by atoms with Crippen molar-refractivity contribution in [2.75, 3.05) is 12.8 Å². The molecule has 0 bridgehead atoms. The summed E-state index contributed by atoms with van der Waals surface area (Å²) in [6.45, 7) is 2.03. The molecule has 0 atom stereocenters. The van der Waals surface area contributed by atoms with Crippen LogP contribution in [0, 0.1) is 6.92 Å². The lowest BCUT2D eigenvalue weighted by molar-refractivity contribution is 0.350. The smallest absolute Gasteiger partial charge is 0.299 e. The van der Waals surface area contributed by atoms with E-state index in [2.05, 4.69) is 4.98 Å². The maximum Gasteiger partial charge on any atom is 0.299 e. The van der Waals surface area contributed by atoms with E-state index in [1.807, 2.05) is 0 Å². The van der Waals surface area contributed by atoms with Gasteiger partial charge >= 0.3 is 0 Å². The molecule has 0 aliphatic heterocycles. The quantitative estimate of drug-likeness (QED) is 0.871. The molecule has 6 heteroatoms. The molecule has 0 unspecified atom stereocenters. The molecule has 1 aromatic carbocycles. The van der Waals surface area contributed by atoms with Crippen LogP contribution in [0.15, 0.2) is 29.1 Å². The fourth-order valence-corrected chi connectivity index (χ4v) is 1.96. The van der Waals surface area contributed by atoms with Crippen molar-refractivity contribution in [2.24, 2.45) is 0 Å². The van der Waals surface area contributed by atoms with Gasteiger partial charge in [-0.1, -0.05) is 17.7 Å². The van der Waals surface area contributed by atoms with Gasteiger partial charge in [0, 0.05) is 22.5 Å². The van der Waals surface area contributed by atoms with Crippen LogP contribution in [-0.2, 0) is 6.54 Å². The maximum absolute atomic E-state index is 12.0. The van der Waals surface area contributed by atoms with Crippen LogP contribution in [0.1, 0.15) is 11.3 Å². The molecule has 0 aliphatic carbocycles. The van der Waals surface area contributed by atoms with Gasteiger partial charge in [0.15, 0.2) is 0 Å². The highest BCUT2D eigenvalue weighted by molar-refractivity contribution is 6.30. The first-order valence-electron chi connectivity index (χ1n) is 5.67. The topological polar surface area (TPSA) is 70.1 Å². The fourth-order valence-electron chi connectivity index (χ4n) is 1.78. The Bertz CT molecular complexity index is 667. The molecular weight excluding hydrogens is 266 g/mol. The summed E-state index contributed by atoms with van der Waals surface area (Å²) >= 11 is 5.84. The van der Waals surface area contributed by atoms with Crippen molar-refractivity contribution in [1.82, 2.24) is 9.55 Å². The number of benzene rings is 1. The number of nitrogens with two attached hydrogens (primary N) is 1. The van der Waals surface area contributed by atoms with Gasteiger partial charge in [0.1, 0.15) is 0 Å². The zero-order valence-corrected chi connectivity index (χ0v) is 11.4. The number of methoxy groups -OCH3 is 1. The Hall–Kier alpha value is -2.01. The summed E-state index contributed by atoms with van der Waals surface area (Å²) in [5, 5.41) is 0.558. The van der Waals surface area contributed by atoms with Crippen LogP contribution in [0.5, 0.6) is 6.01 Å². The normalized spacial score (nSPS) is 10.5. The van der Waals surface area contributed by atoms with Gasteiger partial charge < -0.3 is 10.5 Å². The van der Waals surface area contributed by atoms with Crippen molar-refractivity contribution in [2.45, 2.75) is 13.5 Å². The summed E-state index contributed by atoms with van der Waals surface area (Å²) in [7, 11) is 1.48. The number of nitrogen functional groups attached to an aromatic ring is 1. The molecule has 0 saturated heterocycles. The Morgan fingerprint density at radius 2 is 2.16 bits per heavy atom. The van der Waals surface area contributed by atoms with E-state index in [1.54, 1.807) is 25.1 Å². The SMILES string of the molecule is COc1nc(C)cc(=O)n1Cc1ccc(Cl)cc1N. The number of hydrogen-bond donors (Lipinski definition) is 1. The van der Waals surface area contributed by atoms with Gasteiger partial charge in [-0.2, -0.15) is 0 Å². The second-order valence-electron chi connectivity index (χ2n) is 4.15. The molecule has 0 spiro atoms. The van der Waals surface area contributed by atoms with Crippen molar-refractivity contribution in [1.29, 1.82) is 0 Å². The van der Waals surface area contributed by atoms with Gasteiger partial charge in [-0.05, 0) is 24.6 Å². The predicted molar refractivity (Wildman–Crippen MR) is 74.8 cm³/mol. The third kappa shape index (κ3) is 2.88. The Labute approximate surface area is 115 Å². The van der Waals surface area contributed by atoms with Gasteiger partial charge in [0.2, 0.25) is 0 Å². The minimum atomic E-state index is -0.182. The van der Waals surface area contributed by atoms with Gasteiger partial charge in [0.05, 0.1) is 13.7 Å². The molecule has 2 N–H and O–H groups in total. The summed E-state index contributed by atoms with van der Waals surface area (Å²) in [5.74, 6) is 0. The highest BCUT2D eigenvalue weighted by Gasteiger charge is 2.09. The monoisotopic (exact) mass is 279 g/mol. The van der Waals surface area contributed by atoms with Crippen molar-refractivity contribution in [3.05, 3.63) is 50.9 Å². The number of aryl methyl sites for hydroxylation is 1. The van der Waals surface area contributed by atoms with E-state index >= 15 is 0 Å². The van der Waals surface area contributed by atoms with Crippen molar-refractivity contribution in [3.63, 3.8) is 0 Å². The molecule has 0 saturated carbocycles. The summed E-state index contributed by atoms with van der Waals surface area (Å²) < 4.78 is 6.55. The zero-order chi connectivity index (χ0) is 14.0. The van der Waals surface area contributed by atoms with E-state index in [0.717, 1.165) is 5.56 Å². The molecule has 2 rings (SSSR count). The first-order chi connectivity index (χ1) is 9.01. The van der Waals surface area contributed by atoms with Crippen LogP contribution in [-0.4, -0.2) is 16.7 Å². The van der Waals surface area contributed by atoms with Crippen LogP contribution >= 0.6 is 11.6 Å². The number of ether oxygens (including phenoxy) is 1. The standard InChI is InChI=1S/C13H14ClN3O2/c1-8-5-12(18)17(13(16-8)19-2)7-9-3-4-10(14)6-11(9)15/h3-6H,7,15H2,1-2H3. The van der Waals surface area contributed by atoms with Crippen LogP contribution in [0.3, 0.4) is 0 Å². The minimum absolute atomic E-state index is 0.182. The Morgan fingerprint density at radius 1 is 1.42 bits per heavy atom. The van der Waals surface area contributed by atoms with E-state index in [4.69, 9.17) is 22.1 Å². The van der Waals surface area contributed by atoms with Gasteiger partial charge in [-0.25, -0.2) is 4.98 Å². The number of hydrogen-bond acceptors (Lipinski definition) is 4. The van der Waals surface area contributed by atoms with Crippen molar-refractivity contribution < 1.29 is 4.74 Å². The lowest BCUT2D eigenvalue weighted by Gasteiger charge is -2.12. The van der Waals surface area contributed by atoms with Gasteiger partial charge in [-0.15, -0.1) is 0 Å². The summed E-state index contributed by atoms with van der Waals surface area (Å²) in [5.41, 5.74) is 7.63. The second kappa shape index (κ2) is 5.32. The number of nitrogens with zero attached hydrogens (tertiary/aromatic N) is 2. The predicted octanol–water partition coefficient (Wildman–Crippen LogP) is 1.84. The average molecular weight is 280 g/mol. The Kier molecular flexibility index (Phi) is 3.76. The van der Waals surface area contributed by atoms with Crippen LogP contribution in [0.25, 0.3) is 0 Å². The van der Waals surface area contributed by atoms with E-state index in [1.165, 1.54) is 17.7 Å². The molecule has 0 fully saturated rings. The van der Waals surface area contributed by atoms with E-state index in [-0.39, 0.29) is 18.1 Å². The van der Waals surface area contributed by atoms with Gasteiger partial charge in [0.25, 0.3) is 11.6 Å². The van der Waals surface area contributed by atoms with E-state index in [9.17, 15) is 4.79 Å².